The normalized spacial score (nSPS) is 19.7. The van der Waals surface area contributed by atoms with Crippen LogP contribution in [0.3, 0.4) is 0 Å². The fourth-order valence-electron chi connectivity index (χ4n) is 2.03. The van der Waals surface area contributed by atoms with Crippen molar-refractivity contribution in [3.05, 3.63) is 0 Å². The van der Waals surface area contributed by atoms with Crippen LogP contribution in [-0.4, -0.2) is 62.8 Å². The summed E-state index contributed by atoms with van der Waals surface area (Å²) in [5, 5.41) is 2.73. The summed E-state index contributed by atoms with van der Waals surface area (Å²) >= 11 is 0. The van der Waals surface area contributed by atoms with Crippen LogP contribution in [0.25, 0.3) is 0 Å². The zero-order valence-corrected chi connectivity index (χ0v) is 11.8. The third-order valence-corrected chi connectivity index (χ3v) is 3.00. The van der Waals surface area contributed by atoms with E-state index in [0.29, 0.717) is 32.8 Å². The number of hydrogen-bond donors (Lipinski definition) is 1. The summed E-state index contributed by atoms with van der Waals surface area (Å²) in [6.45, 7) is 4.35. The minimum absolute atomic E-state index is 0.00180. The second-order valence-corrected chi connectivity index (χ2v) is 4.63. The molecule has 110 valence electrons. The van der Waals surface area contributed by atoms with Crippen LogP contribution in [0.15, 0.2) is 0 Å². The van der Waals surface area contributed by atoms with Gasteiger partial charge in [0.15, 0.2) is 0 Å². The highest BCUT2D eigenvalue weighted by Crippen LogP contribution is 2.07. The van der Waals surface area contributed by atoms with Crippen molar-refractivity contribution in [2.24, 2.45) is 0 Å². The van der Waals surface area contributed by atoms with Crippen molar-refractivity contribution in [3.8, 4) is 0 Å². The zero-order chi connectivity index (χ0) is 14.1. The number of carbonyl (C=O) groups is 2. The summed E-state index contributed by atoms with van der Waals surface area (Å²) in [5.74, 6) is -0.0839. The fraction of sp³-hybridized carbons (Fsp3) is 0.846. The number of carbonyl (C=O) groups excluding carboxylic acids is 2. The van der Waals surface area contributed by atoms with Gasteiger partial charge in [0.1, 0.15) is 6.04 Å². The van der Waals surface area contributed by atoms with Gasteiger partial charge in [0, 0.05) is 26.9 Å². The Labute approximate surface area is 114 Å². The molecule has 1 heterocycles. The van der Waals surface area contributed by atoms with E-state index >= 15 is 0 Å². The number of ether oxygens (including phenoxy) is 2. The standard InChI is InChI=1S/C13H24N2O4/c1-3-5-11-13(17)15(10-12(16)14-11)6-9-19-8-4-7-18-2/h11H,3-10H2,1-2H3,(H,14,16). The highest BCUT2D eigenvalue weighted by molar-refractivity contribution is 5.94. The van der Waals surface area contributed by atoms with Gasteiger partial charge in [0.2, 0.25) is 11.8 Å². The molecule has 1 fully saturated rings. The van der Waals surface area contributed by atoms with E-state index in [1.165, 1.54) is 0 Å². The van der Waals surface area contributed by atoms with Gasteiger partial charge in [-0.1, -0.05) is 13.3 Å². The van der Waals surface area contributed by atoms with Crippen molar-refractivity contribution in [2.75, 3.05) is 40.0 Å². The van der Waals surface area contributed by atoms with Crippen LogP contribution in [-0.2, 0) is 19.1 Å². The first kappa shape index (κ1) is 15.9. The van der Waals surface area contributed by atoms with Gasteiger partial charge in [-0.25, -0.2) is 0 Å². The molecule has 0 aromatic heterocycles. The van der Waals surface area contributed by atoms with Crippen molar-refractivity contribution < 1.29 is 19.1 Å². The van der Waals surface area contributed by atoms with Crippen molar-refractivity contribution >= 4 is 11.8 Å². The number of methoxy groups -OCH3 is 1. The van der Waals surface area contributed by atoms with Gasteiger partial charge < -0.3 is 19.7 Å². The highest BCUT2D eigenvalue weighted by atomic mass is 16.5. The summed E-state index contributed by atoms with van der Waals surface area (Å²) < 4.78 is 10.3. The van der Waals surface area contributed by atoms with E-state index in [1.54, 1.807) is 12.0 Å². The van der Waals surface area contributed by atoms with Crippen LogP contribution in [0, 0.1) is 0 Å². The first-order valence-corrected chi connectivity index (χ1v) is 6.83. The average Bonchev–Trinajstić information content (AvgIpc) is 2.39. The molecule has 6 heteroatoms. The molecule has 0 spiro atoms. The molecule has 0 aliphatic carbocycles. The van der Waals surface area contributed by atoms with Gasteiger partial charge in [-0.05, 0) is 12.8 Å². The maximum absolute atomic E-state index is 12.1. The van der Waals surface area contributed by atoms with Gasteiger partial charge in [0.25, 0.3) is 0 Å². The zero-order valence-electron chi connectivity index (χ0n) is 11.8. The van der Waals surface area contributed by atoms with E-state index in [9.17, 15) is 9.59 Å². The molecule has 1 unspecified atom stereocenters. The maximum atomic E-state index is 12.1. The number of amides is 2. The van der Waals surface area contributed by atoms with Crippen LogP contribution < -0.4 is 5.32 Å². The van der Waals surface area contributed by atoms with Gasteiger partial charge >= 0.3 is 0 Å². The van der Waals surface area contributed by atoms with E-state index in [4.69, 9.17) is 9.47 Å². The van der Waals surface area contributed by atoms with Crippen LogP contribution in [0.1, 0.15) is 26.2 Å². The third-order valence-electron chi connectivity index (χ3n) is 3.00. The minimum Gasteiger partial charge on any atom is -0.385 e. The number of piperazine rings is 1. The molecule has 0 radical (unpaired) electrons. The lowest BCUT2D eigenvalue weighted by atomic mass is 10.1. The van der Waals surface area contributed by atoms with E-state index in [0.717, 1.165) is 12.8 Å². The Morgan fingerprint density at radius 3 is 2.79 bits per heavy atom. The molecular formula is C13H24N2O4. The Hall–Kier alpha value is -1.14. The molecular weight excluding hydrogens is 248 g/mol. The molecule has 6 nitrogen and oxygen atoms in total. The first-order chi connectivity index (χ1) is 9.19. The predicted molar refractivity (Wildman–Crippen MR) is 70.7 cm³/mol. The molecule has 0 bridgehead atoms. The number of nitrogens with one attached hydrogen (secondary N) is 1. The lowest BCUT2D eigenvalue weighted by Crippen LogP contribution is -2.58. The topological polar surface area (TPSA) is 67.9 Å². The second-order valence-electron chi connectivity index (χ2n) is 4.63. The van der Waals surface area contributed by atoms with Gasteiger partial charge in [-0.15, -0.1) is 0 Å². The van der Waals surface area contributed by atoms with Gasteiger partial charge in [-0.3, -0.25) is 9.59 Å². The molecule has 0 aromatic carbocycles. The molecule has 0 aromatic rings. The van der Waals surface area contributed by atoms with Crippen LogP contribution >= 0.6 is 0 Å². The van der Waals surface area contributed by atoms with E-state index in [1.807, 2.05) is 6.92 Å². The Morgan fingerprint density at radius 2 is 2.11 bits per heavy atom. The SMILES string of the molecule is CCCC1NC(=O)CN(CCOCCCOC)C1=O. The van der Waals surface area contributed by atoms with Crippen molar-refractivity contribution in [2.45, 2.75) is 32.2 Å². The summed E-state index contributed by atoms with van der Waals surface area (Å²) in [7, 11) is 1.65. The Morgan fingerprint density at radius 1 is 1.32 bits per heavy atom. The van der Waals surface area contributed by atoms with Gasteiger partial charge in [-0.2, -0.15) is 0 Å². The molecule has 1 atom stereocenters. The van der Waals surface area contributed by atoms with Crippen LogP contribution in [0.4, 0.5) is 0 Å². The Balaban J connectivity index is 2.27. The second kappa shape index (κ2) is 8.87. The summed E-state index contributed by atoms with van der Waals surface area (Å²) in [5.41, 5.74) is 0. The number of rotatable bonds is 9. The van der Waals surface area contributed by atoms with Crippen LogP contribution in [0.5, 0.6) is 0 Å². The molecule has 1 aliphatic heterocycles. The van der Waals surface area contributed by atoms with Gasteiger partial charge in [0.05, 0.1) is 13.2 Å². The first-order valence-electron chi connectivity index (χ1n) is 6.83. The predicted octanol–water partition coefficient (Wildman–Crippen LogP) is 0.167. The van der Waals surface area contributed by atoms with E-state index < -0.39 is 0 Å². The molecule has 1 aliphatic rings. The van der Waals surface area contributed by atoms with E-state index in [2.05, 4.69) is 5.32 Å². The average molecular weight is 272 g/mol. The lowest BCUT2D eigenvalue weighted by molar-refractivity contribution is -0.145. The summed E-state index contributed by atoms with van der Waals surface area (Å²) in [6, 6.07) is -0.361. The summed E-state index contributed by atoms with van der Waals surface area (Å²) in [6.07, 6.45) is 2.40. The lowest BCUT2D eigenvalue weighted by Gasteiger charge is -2.32. The molecule has 2 amide bonds. The van der Waals surface area contributed by atoms with Crippen molar-refractivity contribution in [1.29, 1.82) is 0 Å². The minimum atomic E-state index is -0.361. The molecule has 19 heavy (non-hydrogen) atoms. The molecule has 0 saturated carbocycles. The number of hydrogen-bond acceptors (Lipinski definition) is 4. The highest BCUT2D eigenvalue weighted by Gasteiger charge is 2.31. The fourth-order valence-corrected chi connectivity index (χ4v) is 2.03. The molecule has 1 rings (SSSR count). The van der Waals surface area contributed by atoms with Crippen molar-refractivity contribution in [1.82, 2.24) is 10.2 Å². The largest absolute Gasteiger partial charge is 0.385 e. The maximum Gasteiger partial charge on any atom is 0.245 e. The van der Waals surface area contributed by atoms with Crippen molar-refractivity contribution in [3.63, 3.8) is 0 Å². The smallest absolute Gasteiger partial charge is 0.245 e. The molecule has 1 N–H and O–H groups in total. The monoisotopic (exact) mass is 272 g/mol. The van der Waals surface area contributed by atoms with E-state index in [-0.39, 0.29) is 24.4 Å². The molecule has 1 saturated heterocycles. The quantitative estimate of drug-likeness (QED) is 0.607. The Kier molecular flexibility index (Phi) is 7.43. The number of nitrogens with zero attached hydrogens (tertiary/aromatic N) is 1. The third kappa shape index (κ3) is 5.57. The van der Waals surface area contributed by atoms with Crippen LogP contribution in [0.2, 0.25) is 0 Å². The Bertz CT molecular complexity index is 296. The summed E-state index contributed by atoms with van der Waals surface area (Å²) in [4.78, 5) is 25.2.